The number of nitrogens with zero attached hydrogens (tertiary/aromatic N) is 3. The molecule has 2 heterocycles. The van der Waals surface area contributed by atoms with E-state index in [4.69, 9.17) is 12.2 Å². The van der Waals surface area contributed by atoms with Crippen LogP contribution >= 0.6 is 12.2 Å². The van der Waals surface area contributed by atoms with Crippen LogP contribution in [0.5, 0.6) is 0 Å². The number of benzene rings is 2. The number of aromatic nitrogens is 2. The lowest BCUT2D eigenvalue weighted by molar-refractivity contribution is 1.28. The van der Waals surface area contributed by atoms with E-state index >= 15 is 0 Å². The number of para-hydroxylation sites is 1. The van der Waals surface area contributed by atoms with Gasteiger partial charge in [0.25, 0.3) is 0 Å². The zero-order chi connectivity index (χ0) is 17.2. The van der Waals surface area contributed by atoms with Gasteiger partial charge in [-0.25, -0.2) is 0 Å². The van der Waals surface area contributed by atoms with Crippen LogP contribution in [0.4, 0.5) is 11.4 Å². The fourth-order valence-corrected chi connectivity index (χ4v) is 3.08. The van der Waals surface area contributed by atoms with Gasteiger partial charge in [0, 0.05) is 35.9 Å². The summed E-state index contributed by atoms with van der Waals surface area (Å²) in [6, 6.07) is 20.0. The number of fused-ring (bicyclic) bond motifs is 3. The second kappa shape index (κ2) is 6.45. The van der Waals surface area contributed by atoms with E-state index in [1.54, 1.807) is 12.4 Å². The van der Waals surface area contributed by atoms with Gasteiger partial charge in [-0.3, -0.25) is 9.97 Å². The van der Waals surface area contributed by atoms with Crippen LogP contribution in [0.15, 0.2) is 73.1 Å². The largest absolute Gasteiger partial charge is 0.330 e. The Morgan fingerprint density at radius 1 is 0.920 bits per heavy atom. The van der Waals surface area contributed by atoms with Crippen LogP contribution in [0, 0.1) is 0 Å². The average Bonchev–Trinajstić information content (AvgIpc) is 2.68. The van der Waals surface area contributed by atoms with Crippen LogP contribution in [0.2, 0.25) is 0 Å². The molecule has 122 valence electrons. The summed E-state index contributed by atoms with van der Waals surface area (Å²) < 4.78 is 0. The molecule has 0 radical (unpaired) electrons. The molecule has 0 bridgehead atoms. The fraction of sp³-hybridized carbons (Fsp3) is 0.0500. The zero-order valence-electron chi connectivity index (χ0n) is 13.7. The molecule has 2 aromatic carbocycles. The molecule has 4 nitrogen and oxygen atoms in total. The van der Waals surface area contributed by atoms with Gasteiger partial charge in [0.05, 0.1) is 16.7 Å². The Labute approximate surface area is 151 Å². The van der Waals surface area contributed by atoms with Gasteiger partial charge in [0.15, 0.2) is 5.11 Å². The van der Waals surface area contributed by atoms with E-state index in [0.717, 1.165) is 33.2 Å². The van der Waals surface area contributed by atoms with Gasteiger partial charge in [-0.2, -0.15) is 0 Å². The van der Waals surface area contributed by atoms with E-state index in [1.807, 2.05) is 60.5 Å². The Hall–Kier alpha value is -3.05. The number of anilines is 2. The third-order valence-corrected chi connectivity index (χ3v) is 4.54. The summed E-state index contributed by atoms with van der Waals surface area (Å²) in [5, 5.41) is 6.07. The van der Waals surface area contributed by atoms with Crippen molar-refractivity contribution in [3.8, 4) is 0 Å². The Bertz CT molecular complexity index is 1060. The highest BCUT2D eigenvalue weighted by Gasteiger charge is 2.12. The Kier molecular flexibility index (Phi) is 3.99. The van der Waals surface area contributed by atoms with Gasteiger partial charge in [-0.1, -0.05) is 30.3 Å². The summed E-state index contributed by atoms with van der Waals surface area (Å²) >= 11 is 5.59. The molecule has 1 N–H and O–H groups in total. The third-order valence-electron chi connectivity index (χ3n) is 4.16. The second-order valence-corrected chi connectivity index (χ2v) is 6.11. The first-order chi connectivity index (χ1) is 12.2. The van der Waals surface area contributed by atoms with Gasteiger partial charge in [0.1, 0.15) is 0 Å². The smallest absolute Gasteiger partial charge is 0.177 e. The molecule has 0 saturated carbocycles. The highest BCUT2D eigenvalue weighted by molar-refractivity contribution is 7.80. The lowest BCUT2D eigenvalue weighted by atomic mass is 10.1. The molecule has 0 aliphatic heterocycles. The minimum atomic E-state index is 0.605. The minimum absolute atomic E-state index is 0.605. The van der Waals surface area contributed by atoms with Gasteiger partial charge >= 0.3 is 0 Å². The number of thiocarbonyl (C=S) groups is 1. The Balaban J connectivity index is 1.77. The van der Waals surface area contributed by atoms with E-state index in [0.29, 0.717) is 5.11 Å². The van der Waals surface area contributed by atoms with Crippen molar-refractivity contribution in [2.24, 2.45) is 0 Å². The van der Waals surface area contributed by atoms with Crippen molar-refractivity contribution < 1.29 is 0 Å². The molecule has 25 heavy (non-hydrogen) atoms. The predicted octanol–water partition coefficient (Wildman–Crippen LogP) is 4.62. The molecule has 0 amide bonds. The van der Waals surface area contributed by atoms with E-state index < -0.39 is 0 Å². The first-order valence-corrected chi connectivity index (χ1v) is 8.37. The van der Waals surface area contributed by atoms with Crippen molar-refractivity contribution in [3.05, 3.63) is 73.1 Å². The maximum absolute atomic E-state index is 5.59. The highest BCUT2D eigenvalue weighted by atomic mass is 32.1. The normalized spacial score (nSPS) is 10.8. The topological polar surface area (TPSA) is 41.0 Å². The molecule has 0 fully saturated rings. The molecule has 4 rings (SSSR count). The van der Waals surface area contributed by atoms with Crippen LogP contribution in [0.1, 0.15) is 0 Å². The monoisotopic (exact) mass is 344 g/mol. The van der Waals surface area contributed by atoms with Crippen molar-refractivity contribution in [3.63, 3.8) is 0 Å². The minimum Gasteiger partial charge on any atom is -0.330 e. The van der Waals surface area contributed by atoms with Gasteiger partial charge < -0.3 is 10.2 Å². The van der Waals surface area contributed by atoms with Crippen molar-refractivity contribution >= 4 is 50.5 Å². The Morgan fingerprint density at radius 2 is 1.64 bits per heavy atom. The van der Waals surface area contributed by atoms with Crippen LogP contribution in [0.3, 0.4) is 0 Å². The van der Waals surface area contributed by atoms with Crippen molar-refractivity contribution in [1.29, 1.82) is 0 Å². The number of hydrogen-bond donors (Lipinski definition) is 1. The summed E-state index contributed by atoms with van der Waals surface area (Å²) in [5.41, 5.74) is 3.67. The number of nitrogens with one attached hydrogen (secondary N) is 1. The lowest BCUT2D eigenvalue weighted by Gasteiger charge is -2.21. The van der Waals surface area contributed by atoms with Crippen molar-refractivity contribution in [2.45, 2.75) is 0 Å². The molecule has 5 heteroatoms. The van der Waals surface area contributed by atoms with Gasteiger partial charge in [-0.15, -0.1) is 0 Å². The average molecular weight is 344 g/mol. The quantitative estimate of drug-likeness (QED) is 0.425. The predicted molar refractivity (Wildman–Crippen MR) is 108 cm³/mol. The molecule has 0 atom stereocenters. The molecular weight excluding hydrogens is 328 g/mol. The summed E-state index contributed by atoms with van der Waals surface area (Å²) in [5.74, 6) is 0. The van der Waals surface area contributed by atoms with E-state index in [2.05, 4.69) is 27.4 Å². The summed E-state index contributed by atoms with van der Waals surface area (Å²) in [7, 11) is 1.94. The molecule has 0 aliphatic carbocycles. The fourth-order valence-electron chi connectivity index (χ4n) is 2.87. The summed E-state index contributed by atoms with van der Waals surface area (Å²) in [4.78, 5) is 11.0. The van der Waals surface area contributed by atoms with E-state index in [1.165, 1.54) is 0 Å². The van der Waals surface area contributed by atoms with Crippen molar-refractivity contribution in [2.75, 3.05) is 17.3 Å². The molecule has 0 saturated heterocycles. The molecule has 4 aromatic rings. The first kappa shape index (κ1) is 15.5. The van der Waals surface area contributed by atoms with Crippen molar-refractivity contribution in [1.82, 2.24) is 9.97 Å². The lowest BCUT2D eigenvalue weighted by Crippen LogP contribution is -2.30. The highest BCUT2D eigenvalue weighted by Crippen LogP contribution is 2.29. The van der Waals surface area contributed by atoms with Crippen LogP contribution in [0.25, 0.3) is 21.8 Å². The zero-order valence-corrected chi connectivity index (χ0v) is 14.5. The summed E-state index contributed by atoms with van der Waals surface area (Å²) in [6.45, 7) is 0. The van der Waals surface area contributed by atoms with Crippen LogP contribution < -0.4 is 10.2 Å². The Morgan fingerprint density at radius 3 is 2.44 bits per heavy atom. The molecule has 0 aliphatic rings. The van der Waals surface area contributed by atoms with Crippen LogP contribution in [-0.4, -0.2) is 22.1 Å². The molecule has 0 unspecified atom stereocenters. The van der Waals surface area contributed by atoms with E-state index in [-0.39, 0.29) is 0 Å². The molecular formula is C20H16N4S. The number of rotatable bonds is 2. The molecule has 2 aromatic heterocycles. The third kappa shape index (κ3) is 2.90. The van der Waals surface area contributed by atoms with Gasteiger partial charge in [0.2, 0.25) is 0 Å². The summed E-state index contributed by atoms with van der Waals surface area (Å²) in [6.07, 6.45) is 3.59. The van der Waals surface area contributed by atoms with E-state index in [9.17, 15) is 0 Å². The standard InChI is InChI=1S/C20H16N4S/c1-24(14-7-3-2-4-8-14)20(25)23-18-13-17-15(9-5-11-21-17)16-10-6-12-22-19(16)18/h2-13H,1H3,(H,23,25). The SMILES string of the molecule is CN(C(=S)Nc1cc2ncccc2c2cccnc12)c1ccccc1. The maximum atomic E-state index is 5.59. The number of hydrogen-bond acceptors (Lipinski definition) is 3. The number of pyridine rings is 2. The van der Waals surface area contributed by atoms with Gasteiger partial charge in [-0.05, 0) is 42.5 Å². The first-order valence-electron chi connectivity index (χ1n) is 7.96. The van der Waals surface area contributed by atoms with Crippen LogP contribution in [-0.2, 0) is 0 Å². The maximum Gasteiger partial charge on any atom is 0.177 e. The molecule has 0 spiro atoms. The second-order valence-electron chi connectivity index (χ2n) is 5.72.